The van der Waals surface area contributed by atoms with E-state index >= 15 is 0 Å². The van der Waals surface area contributed by atoms with E-state index in [1.165, 1.54) is 0 Å². The smallest absolute Gasteiger partial charge is 0.0849 e. The Labute approximate surface area is 109 Å². The molecule has 0 fully saturated rings. The Morgan fingerprint density at radius 1 is 1.41 bits per heavy atom. The van der Waals surface area contributed by atoms with Crippen LogP contribution < -0.4 is 0 Å². The lowest BCUT2D eigenvalue weighted by Gasteiger charge is -2.13. The Morgan fingerprint density at radius 2 is 2.18 bits per heavy atom. The first kappa shape index (κ1) is 12.3. The molecule has 2 rings (SSSR count). The van der Waals surface area contributed by atoms with Crippen molar-refractivity contribution < 1.29 is 5.11 Å². The number of rotatable bonds is 3. The fourth-order valence-corrected chi connectivity index (χ4v) is 2.25. The van der Waals surface area contributed by atoms with Crippen LogP contribution in [0.2, 0.25) is 0 Å². The van der Waals surface area contributed by atoms with E-state index in [4.69, 9.17) is 0 Å². The summed E-state index contributed by atoms with van der Waals surface area (Å²) in [5.41, 5.74) is 2.93. The summed E-state index contributed by atoms with van der Waals surface area (Å²) in [4.78, 5) is 0. The molecule has 1 unspecified atom stereocenters. The molecule has 0 saturated heterocycles. The van der Waals surface area contributed by atoms with Crippen molar-refractivity contribution in [2.24, 2.45) is 7.05 Å². The molecule has 1 N–H and O–H groups in total. The fraction of sp³-hybridized carbons (Fsp3) is 0.308. The maximum absolute atomic E-state index is 10.2. The van der Waals surface area contributed by atoms with Gasteiger partial charge in [-0.05, 0) is 30.2 Å². The van der Waals surface area contributed by atoms with Gasteiger partial charge in [0.15, 0.2) is 0 Å². The minimum absolute atomic E-state index is 0.512. The minimum atomic E-state index is -0.512. The van der Waals surface area contributed by atoms with Crippen LogP contribution >= 0.6 is 15.9 Å². The van der Waals surface area contributed by atoms with Crippen molar-refractivity contribution in [2.45, 2.75) is 19.4 Å². The largest absolute Gasteiger partial charge is 0.388 e. The molecule has 0 saturated carbocycles. The molecule has 3 nitrogen and oxygen atoms in total. The van der Waals surface area contributed by atoms with Crippen molar-refractivity contribution in [2.75, 3.05) is 0 Å². The molecule has 1 heterocycles. The topological polar surface area (TPSA) is 38.0 Å². The highest BCUT2D eigenvalue weighted by Crippen LogP contribution is 2.26. The van der Waals surface area contributed by atoms with Crippen molar-refractivity contribution in [3.63, 3.8) is 0 Å². The number of aryl methyl sites for hydroxylation is 1. The highest BCUT2D eigenvalue weighted by atomic mass is 79.9. The van der Waals surface area contributed by atoms with Crippen LogP contribution in [0.1, 0.15) is 22.9 Å². The third kappa shape index (κ3) is 2.76. The van der Waals surface area contributed by atoms with E-state index in [9.17, 15) is 5.11 Å². The van der Waals surface area contributed by atoms with Gasteiger partial charge in [-0.25, -0.2) is 0 Å². The predicted molar refractivity (Wildman–Crippen MR) is 70.8 cm³/mol. The zero-order chi connectivity index (χ0) is 12.4. The molecule has 0 bridgehead atoms. The Hall–Kier alpha value is -1.13. The van der Waals surface area contributed by atoms with Crippen LogP contribution in [0.5, 0.6) is 0 Å². The van der Waals surface area contributed by atoms with Crippen LogP contribution in [-0.4, -0.2) is 14.9 Å². The van der Waals surface area contributed by atoms with E-state index < -0.39 is 6.10 Å². The molecule has 0 spiro atoms. The number of aliphatic hydroxyl groups is 1. The van der Waals surface area contributed by atoms with Gasteiger partial charge in [0.2, 0.25) is 0 Å². The Balaban J connectivity index is 2.20. The van der Waals surface area contributed by atoms with Gasteiger partial charge in [-0.3, -0.25) is 4.68 Å². The normalized spacial score (nSPS) is 12.7. The average molecular weight is 295 g/mol. The predicted octanol–water partition coefficient (Wildman–Crippen LogP) is 2.77. The molecule has 0 radical (unpaired) electrons. The van der Waals surface area contributed by atoms with Crippen molar-refractivity contribution in [3.8, 4) is 0 Å². The van der Waals surface area contributed by atoms with Gasteiger partial charge in [0.05, 0.1) is 11.8 Å². The van der Waals surface area contributed by atoms with E-state index in [0.29, 0.717) is 6.42 Å². The zero-order valence-electron chi connectivity index (χ0n) is 9.89. The van der Waals surface area contributed by atoms with Crippen LogP contribution in [0.15, 0.2) is 34.9 Å². The number of aliphatic hydroxyl groups excluding tert-OH is 1. The van der Waals surface area contributed by atoms with Gasteiger partial charge in [0.25, 0.3) is 0 Å². The van der Waals surface area contributed by atoms with Gasteiger partial charge < -0.3 is 5.11 Å². The molecule has 4 heteroatoms. The Bertz CT molecular complexity index is 522. The third-order valence-corrected chi connectivity index (χ3v) is 3.70. The first-order valence-corrected chi connectivity index (χ1v) is 6.29. The summed E-state index contributed by atoms with van der Waals surface area (Å²) in [6.07, 6.45) is 1.91. The van der Waals surface area contributed by atoms with Crippen LogP contribution in [-0.2, 0) is 13.5 Å². The average Bonchev–Trinajstić information content (AvgIpc) is 2.68. The number of benzene rings is 1. The quantitative estimate of drug-likeness (QED) is 0.945. The summed E-state index contributed by atoms with van der Waals surface area (Å²) < 4.78 is 2.77. The first-order valence-electron chi connectivity index (χ1n) is 5.49. The lowest BCUT2D eigenvalue weighted by Crippen LogP contribution is -2.05. The molecule has 0 aliphatic heterocycles. The third-order valence-electron chi connectivity index (χ3n) is 2.84. The summed E-state index contributed by atoms with van der Waals surface area (Å²) in [6, 6.07) is 7.80. The van der Waals surface area contributed by atoms with E-state index in [0.717, 1.165) is 21.3 Å². The van der Waals surface area contributed by atoms with Crippen LogP contribution in [0.25, 0.3) is 0 Å². The highest BCUT2D eigenvalue weighted by molar-refractivity contribution is 9.10. The summed E-state index contributed by atoms with van der Waals surface area (Å²) in [7, 11) is 1.88. The van der Waals surface area contributed by atoms with Crippen molar-refractivity contribution >= 4 is 15.9 Å². The second kappa shape index (κ2) is 5.02. The maximum atomic E-state index is 10.2. The molecule has 0 amide bonds. The molecule has 1 aromatic heterocycles. The molecular formula is C13H15BrN2O. The number of hydrogen-bond acceptors (Lipinski definition) is 2. The van der Waals surface area contributed by atoms with Gasteiger partial charge in [-0.1, -0.05) is 28.1 Å². The summed E-state index contributed by atoms with van der Waals surface area (Å²) >= 11 is 3.47. The second-order valence-electron chi connectivity index (χ2n) is 4.15. The van der Waals surface area contributed by atoms with Crippen molar-refractivity contribution in [3.05, 3.63) is 51.8 Å². The van der Waals surface area contributed by atoms with Crippen molar-refractivity contribution in [1.82, 2.24) is 9.78 Å². The van der Waals surface area contributed by atoms with Crippen molar-refractivity contribution in [1.29, 1.82) is 0 Å². The fourth-order valence-electron chi connectivity index (χ4n) is 1.87. The van der Waals surface area contributed by atoms with Crippen LogP contribution in [0, 0.1) is 6.92 Å². The standard InChI is InChI=1S/C13H15BrN2O/c1-9-11(4-3-5-12(9)14)13(17)8-10-6-7-16(2)15-10/h3-7,13,17H,8H2,1-2H3. The van der Waals surface area contributed by atoms with Gasteiger partial charge in [-0.2, -0.15) is 5.10 Å². The Morgan fingerprint density at radius 3 is 2.82 bits per heavy atom. The summed E-state index contributed by atoms with van der Waals surface area (Å²) in [6.45, 7) is 2.00. The van der Waals surface area contributed by atoms with Crippen LogP contribution in [0.3, 0.4) is 0 Å². The summed E-state index contributed by atoms with van der Waals surface area (Å²) in [5.74, 6) is 0. The van der Waals surface area contributed by atoms with E-state index in [2.05, 4.69) is 21.0 Å². The van der Waals surface area contributed by atoms with Gasteiger partial charge in [0.1, 0.15) is 0 Å². The van der Waals surface area contributed by atoms with Crippen LogP contribution in [0.4, 0.5) is 0 Å². The molecular weight excluding hydrogens is 280 g/mol. The minimum Gasteiger partial charge on any atom is -0.388 e. The van der Waals surface area contributed by atoms with Gasteiger partial charge in [-0.15, -0.1) is 0 Å². The number of halogens is 1. The molecule has 0 aliphatic rings. The molecule has 1 aromatic carbocycles. The maximum Gasteiger partial charge on any atom is 0.0849 e. The second-order valence-corrected chi connectivity index (χ2v) is 5.01. The highest BCUT2D eigenvalue weighted by Gasteiger charge is 2.13. The number of nitrogens with zero attached hydrogens (tertiary/aromatic N) is 2. The molecule has 2 aromatic rings. The van der Waals surface area contributed by atoms with Gasteiger partial charge >= 0.3 is 0 Å². The van der Waals surface area contributed by atoms with Gasteiger partial charge in [0, 0.05) is 24.1 Å². The van der Waals surface area contributed by atoms with E-state index in [1.807, 2.05) is 44.4 Å². The zero-order valence-corrected chi connectivity index (χ0v) is 11.5. The number of hydrogen-bond donors (Lipinski definition) is 1. The monoisotopic (exact) mass is 294 g/mol. The summed E-state index contributed by atoms with van der Waals surface area (Å²) in [5, 5.41) is 14.5. The Kier molecular flexibility index (Phi) is 3.64. The van der Waals surface area contributed by atoms with E-state index in [-0.39, 0.29) is 0 Å². The first-order chi connectivity index (χ1) is 8.08. The molecule has 90 valence electrons. The molecule has 17 heavy (non-hydrogen) atoms. The van der Waals surface area contributed by atoms with E-state index in [1.54, 1.807) is 4.68 Å². The lowest BCUT2D eigenvalue weighted by molar-refractivity contribution is 0.176. The SMILES string of the molecule is Cc1c(Br)cccc1C(O)Cc1ccn(C)n1. The lowest BCUT2D eigenvalue weighted by atomic mass is 10.0. The molecule has 1 atom stereocenters. The number of aromatic nitrogens is 2. The molecule has 0 aliphatic carbocycles.